The van der Waals surface area contributed by atoms with Gasteiger partial charge in [0, 0.05) is 35.5 Å². The van der Waals surface area contributed by atoms with Crippen molar-refractivity contribution in [3.8, 4) is 22.9 Å². The summed E-state index contributed by atoms with van der Waals surface area (Å²) >= 11 is 0. The molecule has 4 nitrogen and oxygen atoms in total. The van der Waals surface area contributed by atoms with Crippen LogP contribution in [0, 0.1) is 0 Å². The molecule has 3 aromatic rings. The number of nitrogens with zero attached hydrogens (tertiary/aromatic N) is 3. The van der Waals surface area contributed by atoms with Crippen LogP contribution in [0.4, 0.5) is 13.2 Å². The summed E-state index contributed by atoms with van der Waals surface area (Å²) in [6.45, 7) is 5.79. The van der Waals surface area contributed by atoms with Gasteiger partial charge in [-0.2, -0.15) is 13.2 Å². The van der Waals surface area contributed by atoms with Crippen LogP contribution in [0.1, 0.15) is 37.0 Å². The van der Waals surface area contributed by atoms with Gasteiger partial charge in [0.15, 0.2) is 0 Å². The van der Waals surface area contributed by atoms with Gasteiger partial charge in [-0.05, 0) is 61.4 Å². The van der Waals surface area contributed by atoms with Crippen LogP contribution in [0.15, 0.2) is 77.3 Å². The number of rotatable bonds is 7. The number of halogens is 3. The smallest absolute Gasteiger partial charge is 0.416 e. The molecule has 1 aliphatic heterocycles. The zero-order valence-corrected chi connectivity index (χ0v) is 19.1. The van der Waals surface area contributed by atoms with Crippen LogP contribution in [0.3, 0.4) is 0 Å². The highest BCUT2D eigenvalue weighted by Gasteiger charge is 2.30. The molecule has 2 aromatic carbocycles. The van der Waals surface area contributed by atoms with Gasteiger partial charge in [0.25, 0.3) is 0 Å². The molecule has 1 aliphatic rings. The highest BCUT2D eigenvalue weighted by Crippen LogP contribution is 2.33. The largest absolute Gasteiger partial charge is 0.416 e. The highest BCUT2D eigenvalue weighted by atomic mass is 19.4. The zero-order valence-electron chi connectivity index (χ0n) is 19.1. The van der Waals surface area contributed by atoms with Gasteiger partial charge in [-0.3, -0.25) is 0 Å². The standard InChI is InChI=1S/C27H26F3N3O/c1-3-5-16-33-17-7-6-9-24(33)23-18-21(11-10-19(23)8-4-2)26-32-31-25(34-26)20-12-14-22(15-13-20)27(28,29)30/h3,5-7,9-15,18H,4,8,16-17H2,1-2H3. The molecule has 0 spiro atoms. The van der Waals surface area contributed by atoms with E-state index in [9.17, 15) is 13.2 Å². The first-order valence-electron chi connectivity index (χ1n) is 11.3. The van der Waals surface area contributed by atoms with Gasteiger partial charge in [-0.25, -0.2) is 0 Å². The maximum absolute atomic E-state index is 12.9. The van der Waals surface area contributed by atoms with Crippen molar-refractivity contribution in [2.45, 2.75) is 32.9 Å². The summed E-state index contributed by atoms with van der Waals surface area (Å²) in [5.74, 6) is 0.503. The molecule has 0 saturated heterocycles. The number of hydrogen-bond acceptors (Lipinski definition) is 4. The SMILES string of the molecule is CC=CCN1CC=CC=C1c1cc(-c2nnc(-c3ccc(C(F)(F)F)cc3)o2)ccc1CCC. The first-order chi connectivity index (χ1) is 16.4. The van der Waals surface area contributed by atoms with Crippen molar-refractivity contribution in [3.63, 3.8) is 0 Å². The van der Waals surface area contributed by atoms with Crippen LogP contribution in [0.5, 0.6) is 0 Å². The third-order valence-corrected chi connectivity index (χ3v) is 5.65. The Bertz CT molecular complexity index is 1220. The fourth-order valence-corrected chi connectivity index (χ4v) is 3.91. The van der Waals surface area contributed by atoms with Crippen LogP contribution < -0.4 is 0 Å². The van der Waals surface area contributed by atoms with E-state index in [-0.39, 0.29) is 5.89 Å². The molecule has 7 heteroatoms. The molecule has 1 aromatic heterocycles. The Morgan fingerprint density at radius 2 is 1.74 bits per heavy atom. The van der Waals surface area contributed by atoms with Crippen molar-refractivity contribution < 1.29 is 17.6 Å². The van der Waals surface area contributed by atoms with E-state index in [0.29, 0.717) is 11.5 Å². The topological polar surface area (TPSA) is 42.2 Å². The minimum absolute atomic E-state index is 0.178. The lowest BCUT2D eigenvalue weighted by atomic mass is 9.96. The molecule has 0 aliphatic carbocycles. The summed E-state index contributed by atoms with van der Waals surface area (Å²) in [4.78, 5) is 2.31. The second-order valence-corrected chi connectivity index (χ2v) is 8.06. The van der Waals surface area contributed by atoms with E-state index in [4.69, 9.17) is 4.42 Å². The summed E-state index contributed by atoms with van der Waals surface area (Å²) in [5.41, 5.74) is 3.97. The maximum Gasteiger partial charge on any atom is 0.416 e. The molecule has 176 valence electrons. The lowest BCUT2D eigenvalue weighted by Crippen LogP contribution is -2.24. The van der Waals surface area contributed by atoms with Crippen molar-refractivity contribution in [1.82, 2.24) is 15.1 Å². The van der Waals surface area contributed by atoms with E-state index in [0.717, 1.165) is 54.9 Å². The molecular weight excluding hydrogens is 439 g/mol. The van der Waals surface area contributed by atoms with Gasteiger partial charge in [-0.15, -0.1) is 10.2 Å². The van der Waals surface area contributed by atoms with Gasteiger partial charge in [0.05, 0.1) is 5.56 Å². The van der Waals surface area contributed by atoms with Gasteiger partial charge >= 0.3 is 6.18 Å². The molecule has 0 unspecified atom stereocenters. The Morgan fingerprint density at radius 3 is 2.41 bits per heavy atom. The van der Waals surface area contributed by atoms with E-state index in [1.54, 1.807) is 0 Å². The van der Waals surface area contributed by atoms with Crippen LogP contribution in [-0.2, 0) is 12.6 Å². The average molecular weight is 466 g/mol. The third kappa shape index (κ3) is 5.14. The molecule has 0 N–H and O–H groups in total. The number of allylic oxidation sites excluding steroid dienone is 3. The number of alkyl halides is 3. The maximum atomic E-state index is 12.9. The first-order valence-corrected chi connectivity index (χ1v) is 11.3. The molecule has 0 radical (unpaired) electrons. The highest BCUT2D eigenvalue weighted by molar-refractivity contribution is 5.74. The van der Waals surface area contributed by atoms with Gasteiger partial charge in [-0.1, -0.05) is 43.7 Å². The van der Waals surface area contributed by atoms with Crippen molar-refractivity contribution in [2.75, 3.05) is 13.1 Å². The lowest BCUT2D eigenvalue weighted by molar-refractivity contribution is -0.137. The predicted octanol–water partition coefficient (Wildman–Crippen LogP) is 7.16. The summed E-state index contributed by atoms with van der Waals surface area (Å²) < 4.78 is 44.4. The normalized spacial score (nSPS) is 14.1. The van der Waals surface area contributed by atoms with E-state index in [1.165, 1.54) is 17.7 Å². The number of aromatic nitrogens is 2. The Labute approximate surface area is 197 Å². The molecule has 0 saturated carbocycles. The molecule has 0 bridgehead atoms. The lowest BCUT2D eigenvalue weighted by Gasteiger charge is -2.29. The van der Waals surface area contributed by atoms with Crippen LogP contribution in [-0.4, -0.2) is 28.2 Å². The predicted molar refractivity (Wildman–Crippen MR) is 128 cm³/mol. The van der Waals surface area contributed by atoms with E-state index in [1.807, 2.05) is 19.1 Å². The Morgan fingerprint density at radius 1 is 1.03 bits per heavy atom. The summed E-state index contributed by atoms with van der Waals surface area (Å²) in [6.07, 6.45) is 8.05. The molecule has 0 fully saturated rings. The second-order valence-electron chi connectivity index (χ2n) is 8.06. The van der Waals surface area contributed by atoms with E-state index >= 15 is 0 Å². The van der Waals surface area contributed by atoms with Crippen molar-refractivity contribution in [1.29, 1.82) is 0 Å². The van der Waals surface area contributed by atoms with E-state index in [2.05, 4.69) is 58.5 Å². The quantitative estimate of drug-likeness (QED) is 0.347. The monoisotopic (exact) mass is 465 g/mol. The zero-order chi connectivity index (χ0) is 24.1. The Hall–Kier alpha value is -3.61. The molecular formula is C27H26F3N3O. The molecule has 34 heavy (non-hydrogen) atoms. The third-order valence-electron chi connectivity index (χ3n) is 5.65. The van der Waals surface area contributed by atoms with Crippen LogP contribution in [0.2, 0.25) is 0 Å². The number of aryl methyl sites for hydroxylation is 1. The minimum Gasteiger partial charge on any atom is -0.416 e. The number of hydrogen-bond donors (Lipinski definition) is 0. The Kier molecular flexibility index (Phi) is 7.01. The number of benzene rings is 2. The average Bonchev–Trinajstić information content (AvgIpc) is 3.33. The van der Waals surface area contributed by atoms with Gasteiger partial charge < -0.3 is 9.32 Å². The van der Waals surface area contributed by atoms with Crippen molar-refractivity contribution in [2.24, 2.45) is 0 Å². The molecule has 0 atom stereocenters. The van der Waals surface area contributed by atoms with Gasteiger partial charge in [0.1, 0.15) is 0 Å². The fraction of sp³-hybridized carbons (Fsp3) is 0.259. The van der Waals surface area contributed by atoms with Crippen molar-refractivity contribution in [3.05, 3.63) is 89.5 Å². The molecule has 0 amide bonds. The fourth-order valence-electron chi connectivity index (χ4n) is 3.91. The molecule has 4 rings (SSSR count). The second kappa shape index (κ2) is 10.1. The minimum atomic E-state index is -4.39. The van der Waals surface area contributed by atoms with Crippen LogP contribution >= 0.6 is 0 Å². The Balaban J connectivity index is 1.68. The molecule has 2 heterocycles. The van der Waals surface area contributed by atoms with E-state index < -0.39 is 11.7 Å². The first kappa shape index (κ1) is 23.5. The summed E-state index contributed by atoms with van der Waals surface area (Å²) in [7, 11) is 0. The summed E-state index contributed by atoms with van der Waals surface area (Å²) in [6, 6.07) is 10.8. The summed E-state index contributed by atoms with van der Waals surface area (Å²) in [5, 5.41) is 8.24. The van der Waals surface area contributed by atoms with Crippen LogP contribution in [0.25, 0.3) is 28.6 Å². The van der Waals surface area contributed by atoms with Gasteiger partial charge in [0.2, 0.25) is 11.8 Å². The van der Waals surface area contributed by atoms with Crippen molar-refractivity contribution >= 4 is 5.70 Å².